The largest absolute Gasteiger partial charge is 0.354 e. The van der Waals surface area contributed by atoms with Crippen LogP contribution in [0.3, 0.4) is 0 Å². The van der Waals surface area contributed by atoms with Crippen molar-refractivity contribution in [2.24, 2.45) is 7.05 Å². The Hall–Kier alpha value is -3.72. The van der Waals surface area contributed by atoms with Crippen molar-refractivity contribution in [3.63, 3.8) is 0 Å². The maximum absolute atomic E-state index is 12.9. The highest BCUT2D eigenvalue weighted by molar-refractivity contribution is 5.96. The van der Waals surface area contributed by atoms with Gasteiger partial charge in [0.1, 0.15) is 17.8 Å². The average Bonchev–Trinajstić information content (AvgIpc) is 3.25. The lowest BCUT2D eigenvalue weighted by atomic mass is 10.1. The Kier molecular flexibility index (Phi) is 5.32. The van der Waals surface area contributed by atoms with Crippen LogP contribution in [-0.4, -0.2) is 73.6 Å². The summed E-state index contributed by atoms with van der Waals surface area (Å²) in [5.41, 5.74) is 3.65. The molecule has 1 aliphatic rings. The Morgan fingerprint density at radius 2 is 1.84 bits per heavy atom. The van der Waals surface area contributed by atoms with E-state index in [1.54, 1.807) is 23.1 Å². The van der Waals surface area contributed by atoms with Gasteiger partial charge in [-0.3, -0.25) is 14.5 Å². The first-order chi connectivity index (χ1) is 15.5. The zero-order valence-corrected chi connectivity index (χ0v) is 18.1. The molecule has 0 amide bonds. The van der Waals surface area contributed by atoms with E-state index >= 15 is 0 Å². The van der Waals surface area contributed by atoms with Gasteiger partial charge in [0.15, 0.2) is 5.78 Å². The van der Waals surface area contributed by atoms with Gasteiger partial charge in [-0.05, 0) is 25.2 Å². The fraction of sp³-hybridized carbons (Fsp3) is 0.304. The third-order valence-corrected chi connectivity index (χ3v) is 5.74. The molecule has 1 fully saturated rings. The molecule has 9 nitrogen and oxygen atoms in total. The molecular weight excluding hydrogens is 404 g/mol. The molecule has 5 rings (SSSR count). The maximum atomic E-state index is 12.9. The number of carbonyl (C=O) groups is 1. The Bertz CT molecular complexity index is 1280. The van der Waals surface area contributed by atoms with Gasteiger partial charge in [-0.1, -0.05) is 0 Å². The molecule has 1 aliphatic heterocycles. The zero-order chi connectivity index (χ0) is 22.1. The number of hydrogen-bond acceptors (Lipinski definition) is 8. The van der Waals surface area contributed by atoms with Crippen LogP contribution in [-0.2, 0) is 13.5 Å². The minimum atomic E-state index is -0.0851. The number of anilines is 1. The van der Waals surface area contributed by atoms with E-state index in [4.69, 9.17) is 4.98 Å². The van der Waals surface area contributed by atoms with Crippen LogP contribution in [0.1, 0.15) is 16.2 Å². The van der Waals surface area contributed by atoms with E-state index in [0.29, 0.717) is 11.4 Å². The molecule has 0 saturated carbocycles. The molecule has 162 valence electrons. The smallest absolute Gasteiger partial charge is 0.187 e. The summed E-state index contributed by atoms with van der Waals surface area (Å²) in [6, 6.07) is 7.59. The summed E-state index contributed by atoms with van der Waals surface area (Å²) in [4.78, 5) is 35.2. The second-order valence-electron chi connectivity index (χ2n) is 8.12. The second kappa shape index (κ2) is 8.43. The van der Waals surface area contributed by atoms with Crippen LogP contribution >= 0.6 is 0 Å². The number of piperazine rings is 1. The number of fused-ring (bicyclic) bond motifs is 1. The van der Waals surface area contributed by atoms with Gasteiger partial charge in [0.2, 0.25) is 0 Å². The van der Waals surface area contributed by atoms with Crippen molar-refractivity contribution < 1.29 is 4.79 Å². The molecule has 1 saturated heterocycles. The van der Waals surface area contributed by atoms with Crippen LogP contribution in [0.2, 0.25) is 0 Å². The molecule has 0 aliphatic carbocycles. The molecule has 4 aromatic rings. The van der Waals surface area contributed by atoms with E-state index in [1.165, 1.54) is 6.33 Å². The number of aromatic nitrogens is 6. The minimum Gasteiger partial charge on any atom is -0.354 e. The van der Waals surface area contributed by atoms with Crippen molar-refractivity contribution in [2.45, 2.75) is 6.42 Å². The summed E-state index contributed by atoms with van der Waals surface area (Å²) in [7, 11) is 3.98. The summed E-state index contributed by atoms with van der Waals surface area (Å²) >= 11 is 0. The molecule has 0 radical (unpaired) electrons. The number of Topliss-reactive ketones (excluding diaryl/α,β-unsaturated/α-hetero) is 1. The van der Waals surface area contributed by atoms with Crippen LogP contribution in [0.25, 0.3) is 22.2 Å². The number of likely N-dealkylation sites (N-methyl/N-ethyl adjacent to an activating group) is 1. The van der Waals surface area contributed by atoms with Gasteiger partial charge < -0.3 is 9.80 Å². The van der Waals surface area contributed by atoms with E-state index in [2.05, 4.69) is 36.9 Å². The fourth-order valence-electron chi connectivity index (χ4n) is 3.83. The van der Waals surface area contributed by atoms with Crippen LogP contribution in [0, 0.1) is 0 Å². The van der Waals surface area contributed by atoms with Crippen molar-refractivity contribution in [3.8, 4) is 11.3 Å². The van der Waals surface area contributed by atoms with Gasteiger partial charge in [-0.25, -0.2) is 15.0 Å². The second-order valence-corrected chi connectivity index (χ2v) is 8.12. The number of ketones is 1. The SMILES string of the molecule is CN1CCN(c2cc(C(=O)Cc3cc4nc(-c5cnn(C)c5)ccc4cn3)ncn2)CC1. The first-order valence-electron chi connectivity index (χ1n) is 10.6. The molecule has 5 heterocycles. The Balaban J connectivity index is 1.36. The monoisotopic (exact) mass is 428 g/mol. The number of nitrogens with zero attached hydrogens (tertiary/aromatic N) is 8. The molecule has 0 unspecified atom stereocenters. The summed E-state index contributed by atoms with van der Waals surface area (Å²) < 4.78 is 1.75. The molecule has 0 N–H and O–H groups in total. The highest BCUT2D eigenvalue weighted by atomic mass is 16.1. The van der Waals surface area contributed by atoms with Crippen LogP contribution in [0.4, 0.5) is 5.82 Å². The topological polar surface area (TPSA) is 92.9 Å². The summed E-state index contributed by atoms with van der Waals surface area (Å²) in [5, 5.41) is 5.13. The first kappa shape index (κ1) is 20.2. The van der Waals surface area contributed by atoms with E-state index in [-0.39, 0.29) is 12.2 Å². The third kappa shape index (κ3) is 4.19. The quantitative estimate of drug-likeness (QED) is 0.446. The van der Waals surface area contributed by atoms with Gasteiger partial charge in [0.25, 0.3) is 0 Å². The maximum Gasteiger partial charge on any atom is 0.187 e. The molecule has 4 aromatic heterocycles. The molecular formula is C23H24N8O. The van der Waals surface area contributed by atoms with E-state index in [0.717, 1.165) is 54.2 Å². The van der Waals surface area contributed by atoms with Crippen LogP contribution < -0.4 is 4.90 Å². The molecule has 0 bridgehead atoms. The fourth-order valence-corrected chi connectivity index (χ4v) is 3.83. The summed E-state index contributed by atoms with van der Waals surface area (Å²) in [6.07, 6.45) is 7.09. The van der Waals surface area contributed by atoms with Crippen LogP contribution in [0.5, 0.6) is 0 Å². The highest BCUT2D eigenvalue weighted by Gasteiger charge is 2.18. The lowest BCUT2D eigenvalue weighted by Crippen LogP contribution is -2.44. The first-order valence-corrected chi connectivity index (χ1v) is 10.6. The number of aryl methyl sites for hydroxylation is 1. The zero-order valence-electron chi connectivity index (χ0n) is 18.1. The number of rotatable bonds is 5. The number of pyridine rings is 2. The van der Waals surface area contributed by atoms with Gasteiger partial charge in [-0.2, -0.15) is 5.10 Å². The standard InChI is InChI=1S/C23H24N8O/c1-29-5-7-31(8-6-29)23-11-21(25-15-26-23)22(32)10-18-9-20-16(12-24-18)3-4-19(28-20)17-13-27-30(2)14-17/h3-4,9,11-15H,5-8,10H2,1-2H3. The number of carbonyl (C=O) groups excluding carboxylic acids is 1. The van der Waals surface area contributed by atoms with Gasteiger partial charge in [-0.15, -0.1) is 0 Å². The van der Waals surface area contributed by atoms with Crippen molar-refractivity contribution >= 4 is 22.5 Å². The summed E-state index contributed by atoms with van der Waals surface area (Å²) in [6.45, 7) is 3.72. The van der Waals surface area contributed by atoms with Crippen molar-refractivity contribution in [1.29, 1.82) is 0 Å². The Morgan fingerprint density at radius 3 is 2.62 bits per heavy atom. The lowest BCUT2D eigenvalue weighted by Gasteiger charge is -2.33. The van der Waals surface area contributed by atoms with E-state index in [1.807, 2.05) is 31.4 Å². The Labute approximate surface area is 185 Å². The van der Waals surface area contributed by atoms with Gasteiger partial charge in [0, 0.05) is 62.6 Å². The predicted octanol–water partition coefficient (Wildman–Crippen LogP) is 2.00. The molecule has 0 aromatic carbocycles. The lowest BCUT2D eigenvalue weighted by molar-refractivity contribution is 0.0987. The highest BCUT2D eigenvalue weighted by Crippen LogP contribution is 2.21. The minimum absolute atomic E-state index is 0.0851. The third-order valence-electron chi connectivity index (χ3n) is 5.74. The van der Waals surface area contributed by atoms with E-state index in [9.17, 15) is 4.79 Å². The molecule has 0 spiro atoms. The number of hydrogen-bond donors (Lipinski definition) is 0. The summed E-state index contributed by atoms with van der Waals surface area (Å²) in [5.74, 6) is 0.712. The van der Waals surface area contributed by atoms with Crippen molar-refractivity contribution in [2.75, 3.05) is 38.1 Å². The van der Waals surface area contributed by atoms with Crippen LogP contribution in [0.15, 0.2) is 49.2 Å². The average molecular weight is 429 g/mol. The predicted molar refractivity (Wildman–Crippen MR) is 122 cm³/mol. The van der Waals surface area contributed by atoms with Gasteiger partial charge in [0.05, 0.1) is 29.5 Å². The molecule has 32 heavy (non-hydrogen) atoms. The van der Waals surface area contributed by atoms with Crippen molar-refractivity contribution in [1.82, 2.24) is 34.6 Å². The molecule has 9 heteroatoms. The van der Waals surface area contributed by atoms with E-state index < -0.39 is 0 Å². The van der Waals surface area contributed by atoms with Gasteiger partial charge >= 0.3 is 0 Å². The Morgan fingerprint density at radius 1 is 1.00 bits per heavy atom. The van der Waals surface area contributed by atoms with Crippen molar-refractivity contribution in [3.05, 3.63) is 60.6 Å². The normalized spacial score (nSPS) is 14.8. The molecule has 0 atom stereocenters.